The molecule has 0 aliphatic heterocycles. The Morgan fingerprint density at radius 1 is 0.955 bits per heavy atom. The third kappa shape index (κ3) is 5.84. The molecule has 0 atom stereocenters. The van der Waals surface area contributed by atoms with Crippen LogP contribution in [0.1, 0.15) is 56.9 Å². The summed E-state index contributed by atoms with van der Waals surface area (Å²) in [5.41, 5.74) is 2.45. The monoisotopic (exact) mass is 299 g/mol. The Balaban J connectivity index is 1.57. The van der Waals surface area contributed by atoms with Crippen LogP contribution in [0, 0.1) is 0 Å². The van der Waals surface area contributed by atoms with Crippen molar-refractivity contribution in [3.63, 3.8) is 0 Å². The molecule has 3 nitrogen and oxygen atoms in total. The lowest BCUT2D eigenvalue weighted by molar-refractivity contribution is -0.137. The molecule has 0 unspecified atom stereocenters. The van der Waals surface area contributed by atoms with E-state index in [9.17, 15) is 4.79 Å². The third-order valence-electron chi connectivity index (χ3n) is 4.02. The number of pyridine rings is 1. The summed E-state index contributed by atoms with van der Waals surface area (Å²) in [6, 6.07) is 10.6. The maximum atomic E-state index is 10.4. The second-order valence-electron chi connectivity index (χ2n) is 5.90. The van der Waals surface area contributed by atoms with Gasteiger partial charge in [-0.2, -0.15) is 0 Å². The van der Waals surface area contributed by atoms with Crippen LogP contribution < -0.4 is 0 Å². The van der Waals surface area contributed by atoms with E-state index in [-0.39, 0.29) is 0 Å². The van der Waals surface area contributed by atoms with E-state index in [0.29, 0.717) is 6.42 Å². The highest BCUT2D eigenvalue weighted by Gasteiger charge is 1.99. The first-order valence-electron chi connectivity index (χ1n) is 8.31. The molecule has 22 heavy (non-hydrogen) atoms. The van der Waals surface area contributed by atoms with Crippen LogP contribution in [0.25, 0.3) is 10.9 Å². The molecule has 1 N–H and O–H groups in total. The van der Waals surface area contributed by atoms with Gasteiger partial charge in [0.25, 0.3) is 0 Å². The number of carboxylic acid groups (broad SMARTS) is 1. The number of hydrogen-bond acceptors (Lipinski definition) is 2. The normalized spacial score (nSPS) is 10.9. The van der Waals surface area contributed by atoms with Crippen molar-refractivity contribution in [2.24, 2.45) is 0 Å². The van der Waals surface area contributed by atoms with Gasteiger partial charge in [0, 0.05) is 18.0 Å². The van der Waals surface area contributed by atoms with E-state index in [1.165, 1.54) is 36.6 Å². The van der Waals surface area contributed by atoms with Gasteiger partial charge in [0.1, 0.15) is 0 Å². The molecule has 0 aliphatic carbocycles. The number of fused-ring (bicyclic) bond motifs is 1. The molecular formula is C19H25NO2. The highest BCUT2D eigenvalue weighted by atomic mass is 16.4. The molecule has 2 aromatic rings. The highest BCUT2D eigenvalue weighted by Crippen LogP contribution is 2.16. The fourth-order valence-corrected chi connectivity index (χ4v) is 2.77. The van der Waals surface area contributed by atoms with E-state index in [1.807, 2.05) is 12.3 Å². The van der Waals surface area contributed by atoms with Gasteiger partial charge in [0.05, 0.1) is 5.52 Å². The van der Waals surface area contributed by atoms with E-state index in [2.05, 4.69) is 29.2 Å². The molecule has 0 fully saturated rings. The smallest absolute Gasteiger partial charge is 0.303 e. The number of hydrogen-bond donors (Lipinski definition) is 1. The Hall–Kier alpha value is -1.90. The van der Waals surface area contributed by atoms with Crippen LogP contribution in [0.15, 0.2) is 36.5 Å². The van der Waals surface area contributed by atoms with Gasteiger partial charge in [-0.25, -0.2) is 0 Å². The number of rotatable bonds is 10. The molecule has 0 aliphatic rings. The van der Waals surface area contributed by atoms with Gasteiger partial charge in [0.15, 0.2) is 0 Å². The van der Waals surface area contributed by atoms with Crippen molar-refractivity contribution in [3.05, 3.63) is 42.1 Å². The predicted molar refractivity (Wildman–Crippen MR) is 90.0 cm³/mol. The Kier molecular flexibility index (Phi) is 6.88. The molecule has 1 aromatic heterocycles. The summed E-state index contributed by atoms with van der Waals surface area (Å²) in [5.74, 6) is -0.675. The van der Waals surface area contributed by atoms with E-state index < -0.39 is 5.97 Å². The van der Waals surface area contributed by atoms with Crippen LogP contribution in [-0.2, 0) is 11.2 Å². The summed E-state index contributed by atoms with van der Waals surface area (Å²) >= 11 is 0. The van der Waals surface area contributed by atoms with Crippen molar-refractivity contribution in [2.75, 3.05) is 0 Å². The van der Waals surface area contributed by atoms with Gasteiger partial charge >= 0.3 is 5.97 Å². The van der Waals surface area contributed by atoms with E-state index in [4.69, 9.17) is 5.11 Å². The standard InChI is InChI=1S/C19H25NO2/c21-19(22)11-7-5-3-1-2-4-6-9-16-12-13-18-17(15-16)10-8-14-20-18/h8,10,12-15H,1-7,9,11H2,(H,21,22). The van der Waals surface area contributed by atoms with Crippen LogP contribution >= 0.6 is 0 Å². The summed E-state index contributed by atoms with van der Waals surface area (Å²) < 4.78 is 0. The summed E-state index contributed by atoms with van der Waals surface area (Å²) in [6.45, 7) is 0. The maximum absolute atomic E-state index is 10.4. The maximum Gasteiger partial charge on any atom is 0.303 e. The summed E-state index contributed by atoms with van der Waals surface area (Å²) in [4.78, 5) is 14.7. The first-order valence-corrected chi connectivity index (χ1v) is 8.31. The Morgan fingerprint density at radius 3 is 2.45 bits per heavy atom. The van der Waals surface area contributed by atoms with Gasteiger partial charge < -0.3 is 5.11 Å². The van der Waals surface area contributed by atoms with E-state index in [0.717, 1.165) is 31.2 Å². The molecule has 0 saturated carbocycles. The first-order chi connectivity index (χ1) is 10.8. The molecular weight excluding hydrogens is 274 g/mol. The number of carbonyl (C=O) groups is 1. The average molecular weight is 299 g/mol. The van der Waals surface area contributed by atoms with Crippen molar-refractivity contribution in [1.29, 1.82) is 0 Å². The molecule has 118 valence electrons. The lowest BCUT2D eigenvalue weighted by atomic mass is 10.0. The molecule has 1 aromatic carbocycles. The van der Waals surface area contributed by atoms with E-state index >= 15 is 0 Å². The second-order valence-corrected chi connectivity index (χ2v) is 5.90. The third-order valence-corrected chi connectivity index (χ3v) is 4.02. The largest absolute Gasteiger partial charge is 0.481 e. The van der Waals surface area contributed by atoms with Crippen molar-refractivity contribution < 1.29 is 9.90 Å². The molecule has 0 radical (unpaired) electrons. The topological polar surface area (TPSA) is 50.2 Å². The summed E-state index contributed by atoms with van der Waals surface area (Å²) in [7, 11) is 0. The van der Waals surface area contributed by atoms with Crippen molar-refractivity contribution >= 4 is 16.9 Å². The number of aliphatic carboxylic acids is 1. The minimum atomic E-state index is -0.675. The SMILES string of the molecule is O=C(O)CCCCCCCCCc1ccc2ncccc2c1. The zero-order chi connectivity index (χ0) is 15.6. The first kappa shape index (κ1) is 16.5. The molecule has 0 saturated heterocycles. The molecule has 0 spiro atoms. The number of benzene rings is 1. The summed E-state index contributed by atoms with van der Waals surface area (Å²) in [6.07, 6.45) is 11.3. The highest BCUT2D eigenvalue weighted by molar-refractivity contribution is 5.78. The predicted octanol–water partition coefficient (Wildman–Crippen LogP) is 4.98. The summed E-state index contributed by atoms with van der Waals surface area (Å²) in [5, 5.41) is 9.78. The Labute approximate surface area is 132 Å². The molecule has 0 bridgehead atoms. The number of aromatic nitrogens is 1. The Morgan fingerprint density at radius 2 is 1.68 bits per heavy atom. The van der Waals surface area contributed by atoms with Gasteiger partial charge in [-0.3, -0.25) is 9.78 Å². The van der Waals surface area contributed by atoms with Gasteiger partial charge in [-0.15, -0.1) is 0 Å². The number of carboxylic acids is 1. The molecule has 0 amide bonds. The van der Waals surface area contributed by atoms with Gasteiger partial charge in [-0.05, 0) is 43.0 Å². The van der Waals surface area contributed by atoms with Gasteiger partial charge in [-0.1, -0.05) is 44.2 Å². The minimum absolute atomic E-state index is 0.316. The second kappa shape index (κ2) is 9.19. The lowest BCUT2D eigenvalue weighted by Crippen LogP contribution is -1.93. The zero-order valence-electron chi connectivity index (χ0n) is 13.1. The number of aryl methyl sites for hydroxylation is 1. The van der Waals surface area contributed by atoms with Crippen LogP contribution in [-0.4, -0.2) is 16.1 Å². The lowest BCUT2D eigenvalue weighted by Gasteiger charge is -2.04. The zero-order valence-corrected chi connectivity index (χ0v) is 13.1. The van der Waals surface area contributed by atoms with Crippen LogP contribution in [0.3, 0.4) is 0 Å². The fourth-order valence-electron chi connectivity index (χ4n) is 2.77. The fraction of sp³-hybridized carbons (Fsp3) is 0.474. The van der Waals surface area contributed by atoms with Crippen molar-refractivity contribution in [2.45, 2.75) is 57.8 Å². The number of nitrogens with zero attached hydrogens (tertiary/aromatic N) is 1. The quantitative estimate of drug-likeness (QED) is 0.629. The number of unbranched alkanes of at least 4 members (excludes halogenated alkanes) is 6. The molecule has 3 heteroatoms. The average Bonchev–Trinajstić information content (AvgIpc) is 2.53. The van der Waals surface area contributed by atoms with Crippen LogP contribution in [0.2, 0.25) is 0 Å². The molecule has 2 rings (SSSR count). The Bertz CT molecular complexity index is 595. The van der Waals surface area contributed by atoms with Crippen LogP contribution in [0.5, 0.6) is 0 Å². The van der Waals surface area contributed by atoms with E-state index in [1.54, 1.807) is 0 Å². The minimum Gasteiger partial charge on any atom is -0.481 e. The van der Waals surface area contributed by atoms with Crippen molar-refractivity contribution in [1.82, 2.24) is 4.98 Å². The van der Waals surface area contributed by atoms with Gasteiger partial charge in [0.2, 0.25) is 0 Å². The van der Waals surface area contributed by atoms with Crippen molar-refractivity contribution in [3.8, 4) is 0 Å². The molecule has 1 heterocycles. The van der Waals surface area contributed by atoms with Crippen LogP contribution in [0.4, 0.5) is 0 Å².